The average molecular weight is 361 g/mol. The van der Waals surface area contributed by atoms with Gasteiger partial charge in [-0.15, -0.1) is 10.2 Å². The fourth-order valence-corrected chi connectivity index (χ4v) is 3.52. The van der Waals surface area contributed by atoms with E-state index in [-0.39, 0.29) is 0 Å². The van der Waals surface area contributed by atoms with E-state index in [4.69, 9.17) is 9.26 Å². The highest BCUT2D eigenvalue weighted by Crippen LogP contribution is 2.40. The summed E-state index contributed by atoms with van der Waals surface area (Å²) in [5.74, 6) is 3.20. The largest absolute Gasteiger partial charge is 0.497 e. The Kier molecular flexibility index (Phi) is 2.85. The Morgan fingerprint density at radius 2 is 2.15 bits per heavy atom. The van der Waals surface area contributed by atoms with Crippen LogP contribution in [0.3, 0.4) is 0 Å². The molecule has 27 heavy (non-hydrogen) atoms. The zero-order valence-corrected chi connectivity index (χ0v) is 14.5. The summed E-state index contributed by atoms with van der Waals surface area (Å²) in [6.45, 7) is 0.551. The third-order valence-corrected chi connectivity index (χ3v) is 5.09. The second kappa shape index (κ2) is 5.26. The van der Waals surface area contributed by atoms with Gasteiger partial charge in [0.2, 0.25) is 0 Å². The number of rotatable bonds is 3. The highest BCUT2D eigenvalue weighted by atomic mass is 16.5. The molecule has 1 aliphatic carbocycles. The van der Waals surface area contributed by atoms with E-state index < -0.39 is 0 Å². The first-order chi connectivity index (χ1) is 13.3. The predicted octanol–water partition coefficient (Wildman–Crippen LogP) is 2.43. The second-order valence-electron chi connectivity index (χ2n) is 6.81. The molecule has 1 fully saturated rings. The van der Waals surface area contributed by atoms with Gasteiger partial charge in [-0.1, -0.05) is 5.16 Å². The first kappa shape index (κ1) is 14.7. The van der Waals surface area contributed by atoms with Gasteiger partial charge in [-0.05, 0) is 31.0 Å². The van der Waals surface area contributed by atoms with Crippen molar-refractivity contribution in [3.63, 3.8) is 0 Å². The molecule has 9 nitrogen and oxygen atoms in total. The Balaban J connectivity index is 1.56. The van der Waals surface area contributed by atoms with Crippen LogP contribution in [0.5, 0.6) is 5.75 Å². The van der Waals surface area contributed by atoms with Crippen LogP contribution in [0.25, 0.3) is 28.7 Å². The van der Waals surface area contributed by atoms with Crippen LogP contribution in [-0.4, -0.2) is 41.6 Å². The molecule has 2 aliphatic rings. The lowest BCUT2D eigenvalue weighted by Gasteiger charge is -2.10. The van der Waals surface area contributed by atoms with Crippen LogP contribution in [0.4, 0.5) is 0 Å². The Hall–Kier alpha value is -3.49. The van der Waals surface area contributed by atoms with Crippen molar-refractivity contribution < 1.29 is 9.26 Å². The van der Waals surface area contributed by atoms with E-state index >= 15 is 0 Å². The maximum absolute atomic E-state index is 5.51. The van der Waals surface area contributed by atoms with Crippen molar-refractivity contribution in [2.24, 2.45) is 0 Å². The Morgan fingerprint density at radius 3 is 3.00 bits per heavy atom. The monoisotopic (exact) mass is 361 g/mol. The van der Waals surface area contributed by atoms with E-state index in [2.05, 4.69) is 25.3 Å². The molecule has 0 radical (unpaired) electrons. The molecular weight excluding hydrogens is 346 g/mol. The van der Waals surface area contributed by atoms with Crippen molar-refractivity contribution in [3.05, 3.63) is 42.4 Å². The van der Waals surface area contributed by atoms with Crippen LogP contribution < -0.4 is 4.74 Å². The Labute approximate surface area is 153 Å². The van der Waals surface area contributed by atoms with Crippen LogP contribution >= 0.6 is 0 Å². The number of fused-ring (bicyclic) bond motifs is 5. The van der Waals surface area contributed by atoms with Crippen LogP contribution in [0, 0.1) is 0 Å². The van der Waals surface area contributed by atoms with Crippen molar-refractivity contribution in [1.82, 2.24) is 34.5 Å². The summed E-state index contributed by atoms with van der Waals surface area (Å²) >= 11 is 0. The molecule has 1 aliphatic heterocycles. The van der Waals surface area contributed by atoms with E-state index in [9.17, 15) is 0 Å². The minimum atomic E-state index is 0.432. The summed E-state index contributed by atoms with van der Waals surface area (Å²) in [6, 6.07) is 5.88. The fraction of sp³-hybridized carbons (Fsp3) is 0.278. The van der Waals surface area contributed by atoms with Gasteiger partial charge in [0.1, 0.15) is 18.4 Å². The van der Waals surface area contributed by atoms with Gasteiger partial charge in [0.25, 0.3) is 5.89 Å². The topological polar surface area (TPSA) is 96.7 Å². The molecular formula is C18H15N7O2. The number of aromatic nitrogens is 7. The molecule has 0 unspecified atom stereocenters. The zero-order valence-electron chi connectivity index (χ0n) is 14.5. The van der Waals surface area contributed by atoms with E-state index in [1.807, 2.05) is 27.3 Å². The molecule has 1 aromatic carbocycles. The van der Waals surface area contributed by atoms with E-state index in [1.54, 1.807) is 19.8 Å². The Morgan fingerprint density at radius 1 is 1.22 bits per heavy atom. The number of imidazole rings is 1. The highest BCUT2D eigenvalue weighted by molar-refractivity contribution is 5.72. The van der Waals surface area contributed by atoms with Gasteiger partial charge >= 0.3 is 0 Å². The van der Waals surface area contributed by atoms with E-state index in [1.165, 1.54) is 0 Å². The van der Waals surface area contributed by atoms with Gasteiger partial charge < -0.3 is 13.8 Å². The molecule has 6 rings (SSSR count). The summed E-state index contributed by atoms with van der Waals surface area (Å²) < 4.78 is 14.9. The number of hydrogen-bond donors (Lipinski definition) is 0. The summed E-state index contributed by atoms with van der Waals surface area (Å²) in [4.78, 5) is 9.15. The first-order valence-electron chi connectivity index (χ1n) is 8.78. The molecule has 0 saturated heterocycles. The second-order valence-corrected chi connectivity index (χ2v) is 6.81. The Bertz CT molecular complexity index is 1170. The third kappa shape index (κ3) is 2.14. The molecule has 4 heterocycles. The minimum Gasteiger partial charge on any atom is -0.497 e. The number of nitrogens with zero attached hydrogens (tertiary/aromatic N) is 7. The van der Waals surface area contributed by atoms with Crippen LogP contribution in [0.1, 0.15) is 30.3 Å². The number of hydrogen-bond acceptors (Lipinski definition) is 7. The lowest BCUT2D eigenvalue weighted by atomic mass is 10.1. The molecule has 0 bridgehead atoms. The van der Waals surface area contributed by atoms with Crippen LogP contribution in [0.15, 0.2) is 35.4 Å². The standard InChI is InChI=1S/C18H15N7O2/c1-26-11-4-5-13-12(6-11)17-22-20-9-24(17)7-14-15(19-8-25(13)14)18-21-16(23-27-18)10-2-3-10/h4-6,8-10H,2-3,7H2,1H3. The summed E-state index contributed by atoms with van der Waals surface area (Å²) in [5.41, 5.74) is 3.53. The van der Waals surface area contributed by atoms with Gasteiger partial charge in [0.05, 0.1) is 25.0 Å². The number of ether oxygens (including phenoxy) is 1. The van der Waals surface area contributed by atoms with Gasteiger partial charge in [-0.2, -0.15) is 4.98 Å². The lowest BCUT2D eigenvalue weighted by molar-refractivity contribution is 0.415. The summed E-state index contributed by atoms with van der Waals surface area (Å²) in [6.07, 6.45) is 5.75. The highest BCUT2D eigenvalue weighted by Gasteiger charge is 2.31. The van der Waals surface area contributed by atoms with Gasteiger partial charge in [0.15, 0.2) is 17.3 Å². The molecule has 134 valence electrons. The van der Waals surface area contributed by atoms with E-state index in [0.29, 0.717) is 24.0 Å². The number of benzene rings is 1. The lowest BCUT2D eigenvalue weighted by Crippen LogP contribution is -2.03. The van der Waals surface area contributed by atoms with Gasteiger partial charge in [0, 0.05) is 11.5 Å². The predicted molar refractivity (Wildman–Crippen MR) is 93.5 cm³/mol. The molecule has 0 amide bonds. The molecule has 9 heteroatoms. The zero-order chi connectivity index (χ0) is 18.0. The van der Waals surface area contributed by atoms with Crippen LogP contribution in [-0.2, 0) is 6.54 Å². The summed E-state index contributed by atoms with van der Waals surface area (Å²) in [7, 11) is 1.65. The minimum absolute atomic E-state index is 0.432. The molecule has 1 saturated carbocycles. The SMILES string of the molecule is COc1ccc2c(c1)-c1nncn1Cc1c(-c3nc(C4CC4)no3)ncn1-2. The average Bonchev–Trinajstić information content (AvgIpc) is 3.11. The van der Waals surface area contributed by atoms with Crippen molar-refractivity contribution in [2.45, 2.75) is 25.3 Å². The fourth-order valence-electron chi connectivity index (χ4n) is 3.52. The molecule has 4 aromatic rings. The van der Waals surface area contributed by atoms with Gasteiger partial charge in [-0.3, -0.25) is 4.57 Å². The number of methoxy groups -OCH3 is 1. The van der Waals surface area contributed by atoms with Crippen molar-refractivity contribution in [2.75, 3.05) is 7.11 Å². The summed E-state index contributed by atoms with van der Waals surface area (Å²) in [5, 5.41) is 12.5. The maximum atomic E-state index is 5.51. The van der Waals surface area contributed by atoms with Crippen molar-refractivity contribution >= 4 is 0 Å². The third-order valence-electron chi connectivity index (χ3n) is 5.09. The van der Waals surface area contributed by atoms with Crippen LogP contribution in [0.2, 0.25) is 0 Å². The molecule has 0 N–H and O–H groups in total. The molecule has 3 aromatic heterocycles. The first-order valence-corrected chi connectivity index (χ1v) is 8.78. The quantitative estimate of drug-likeness (QED) is 0.487. The molecule has 0 spiro atoms. The smallest absolute Gasteiger partial charge is 0.278 e. The van der Waals surface area contributed by atoms with Crippen molar-refractivity contribution in [1.29, 1.82) is 0 Å². The molecule has 0 atom stereocenters. The van der Waals surface area contributed by atoms with E-state index in [0.717, 1.165) is 47.2 Å². The normalized spacial score (nSPS) is 15.0. The maximum Gasteiger partial charge on any atom is 0.278 e. The van der Waals surface area contributed by atoms with Crippen molar-refractivity contribution in [3.8, 4) is 34.4 Å². The van der Waals surface area contributed by atoms with Gasteiger partial charge in [-0.25, -0.2) is 4.98 Å².